The Labute approximate surface area is 81.5 Å². The molecule has 1 atom stereocenters. The van der Waals surface area contributed by atoms with Gasteiger partial charge in [-0.15, -0.1) is 12.3 Å². The Morgan fingerprint density at radius 1 is 1.23 bits per heavy atom. The molecule has 0 radical (unpaired) electrons. The number of terminal acetylenes is 1. The fourth-order valence-electron chi connectivity index (χ4n) is 0.956. The summed E-state index contributed by atoms with van der Waals surface area (Å²) in [5.41, 5.74) is 0. The van der Waals surface area contributed by atoms with Crippen molar-refractivity contribution in [3.8, 4) is 24.2 Å². The highest BCUT2D eigenvalue weighted by Gasteiger charge is 1.91. The van der Waals surface area contributed by atoms with E-state index in [1.54, 1.807) is 0 Å². The van der Waals surface area contributed by atoms with E-state index >= 15 is 0 Å². The highest BCUT2D eigenvalue weighted by molar-refractivity contribution is 5.06. The zero-order chi connectivity index (χ0) is 9.94. The van der Waals surface area contributed by atoms with Gasteiger partial charge in [0.15, 0.2) is 0 Å². The minimum Gasteiger partial charge on any atom is -0.379 e. The highest BCUT2D eigenvalue weighted by atomic mass is 16.3. The van der Waals surface area contributed by atoms with Crippen LogP contribution in [0.2, 0.25) is 0 Å². The third-order valence-electron chi connectivity index (χ3n) is 1.77. The molecule has 1 nitrogen and oxygen atoms in total. The summed E-state index contributed by atoms with van der Waals surface area (Å²) in [7, 11) is 0. The van der Waals surface area contributed by atoms with E-state index < -0.39 is 6.10 Å². The molecule has 13 heavy (non-hydrogen) atoms. The van der Waals surface area contributed by atoms with Gasteiger partial charge in [-0.2, -0.15) is 0 Å². The van der Waals surface area contributed by atoms with Crippen LogP contribution in [0.15, 0.2) is 0 Å². The van der Waals surface area contributed by atoms with E-state index in [9.17, 15) is 0 Å². The van der Waals surface area contributed by atoms with Crippen LogP contribution in [0, 0.1) is 24.2 Å². The van der Waals surface area contributed by atoms with Crippen molar-refractivity contribution in [3.63, 3.8) is 0 Å². The molecule has 0 saturated carbocycles. The van der Waals surface area contributed by atoms with E-state index in [0.717, 1.165) is 12.8 Å². The zero-order valence-electron chi connectivity index (χ0n) is 8.34. The third kappa shape index (κ3) is 8.99. The van der Waals surface area contributed by atoms with E-state index in [4.69, 9.17) is 11.5 Å². The standard InChI is InChI=1S/C12H18O/c1-3-5-6-7-8-9-10-11-12(13)4-2/h2,12-13H,3,5-8,11H2,1H3. The number of hydrogen-bond acceptors (Lipinski definition) is 1. The number of aliphatic hydroxyl groups is 1. The molecule has 72 valence electrons. The number of unbranched alkanes of at least 4 members (excludes halogenated alkanes) is 4. The Kier molecular flexibility index (Phi) is 8.52. The lowest BCUT2D eigenvalue weighted by molar-refractivity contribution is 0.239. The third-order valence-corrected chi connectivity index (χ3v) is 1.77. The van der Waals surface area contributed by atoms with Crippen molar-refractivity contribution in [1.29, 1.82) is 0 Å². The van der Waals surface area contributed by atoms with E-state index in [1.807, 2.05) is 0 Å². The topological polar surface area (TPSA) is 20.2 Å². The smallest absolute Gasteiger partial charge is 0.125 e. The number of aliphatic hydroxyl groups excluding tert-OH is 1. The van der Waals surface area contributed by atoms with E-state index in [0.29, 0.717) is 6.42 Å². The molecule has 0 fully saturated rings. The lowest BCUT2D eigenvalue weighted by atomic mass is 10.1. The summed E-state index contributed by atoms with van der Waals surface area (Å²) in [5.74, 6) is 8.10. The molecule has 0 rings (SSSR count). The van der Waals surface area contributed by atoms with Crippen molar-refractivity contribution >= 4 is 0 Å². The molecule has 0 aliphatic heterocycles. The van der Waals surface area contributed by atoms with Crippen LogP contribution in [0.25, 0.3) is 0 Å². The average molecular weight is 178 g/mol. The average Bonchev–Trinajstić information content (AvgIpc) is 2.16. The van der Waals surface area contributed by atoms with Crippen molar-refractivity contribution in [2.45, 2.75) is 51.6 Å². The first-order valence-electron chi connectivity index (χ1n) is 4.91. The fraction of sp³-hybridized carbons (Fsp3) is 0.667. The van der Waals surface area contributed by atoms with Crippen LogP contribution < -0.4 is 0 Å². The van der Waals surface area contributed by atoms with Crippen LogP contribution in [0.3, 0.4) is 0 Å². The molecule has 0 amide bonds. The molecule has 0 aliphatic rings. The Hall–Kier alpha value is -0.920. The maximum atomic E-state index is 8.96. The number of rotatable bonds is 5. The van der Waals surface area contributed by atoms with E-state index in [-0.39, 0.29) is 0 Å². The van der Waals surface area contributed by atoms with Gasteiger partial charge in [-0.3, -0.25) is 0 Å². The van der Waals surface area contributed by atoms with Crippen LogP contribution in [-0.4, -0.2) is 11.2 Å². The summed E-state index contributed by atoms with van der Waals surface area (Å²) in [6, 6.07) is 0. The Morgan fingerprint density at radius 3 is 2.62 bits per heavy atom. The first-order valence-corrected chi connectivity index (χ1v) is 4.91. The highest BCUT2D eigenvalue weighted by Crippen LogP contribution is 2.01. The second-order valence-corrected chi connectivity index (χ2v) is 3.05. The predicted molar refractivity (Wildman–Crippen MR) is 56.0 cm³/mol. The van der Waals surface area contributed by atoms with Crippen LogP contribution in [-0.2, 0) is 0 Å². The quantitative estimate of drug-likeness (QED) is 0.506. The van der Waals surface area contributed by atoms with Gasteiger partial charge in [0.05, 0.1) is 0 Å². The van der Waals surface area contributed by atoms with Gasteiger partial charge in [0.25, 0.3) is 0 Å². The van der Waals surface area contributed by atoms with Gasteiger partial charge in [0, 0.05) is 12.8 Å². The predicted octanol–water partition coefficient (Wildman–Crippen LogP) is 2.34. The molecular weight excluding hydrogens is 160 g/mol. The first kappa shape index (κ1) is 12.1. The SMILES string of the molecule is C#CC(O)CC#CCCCCCC. The van der Waals surface area contributed by atoms with Gasteiger partial charge in [-0.1, -0.05) is 38.0 Å². The molecule has 1 unspecified atom stereocenters. The molecule has 0 bridgehead atoms. The van der Waals surface area contributed by atoms with Gasteiger partial charge >= 0.3 is 0 Å². The van der Waals surface area contributed by atoms with Gasteiger partial charge in [0.1, 0.15) is 6.10 Å². The summed E-state index contributed by atoms with van der Waals surface area (Å²) in [4.78, 5) is 0. The monoisotopic (exact) mass is 178 g/mol. The lowest BCUT2D eigenvalue weighted by Gasteiger charge is -1.93. The Bertz CT molecular complexity index is 201. The fourth-order valence-corrected chi connectivity index (χ4v) is 0.956. The van der Waals surface area contributed by atoms with Crippen molar-refractivity contribution in [3.05, 3.63) is 0 Å². The second kappa shape index (κ2) is 9.17. The molecule has 0 aromatic rings. The van der Waals surface area contributed by atoms with Gasteiger partial charge < -0.3 is 5.11 Å². The molecule has 0 aromatic heterocycles. The molecule has 0 saturated heterocycles. The summed E-state index contributed by atoms with van der Waals surface area (Å²) >= 11 is 0. The van der Waals surface area contributed by atoms with Crippen molar-refractivity contribution in [1.82, 2.24) is 0 Å². The van der Waals surface area contributed by atoms with Crippen LogP contribution >= 0.6 is 0 Å². The van der Waals surface area contributed by atoms with Crippen molar-refractivity contribution < 1.29 is 5.11 Å². The molecular formula is C12H18O. The first-order chi connectivity index (χ1) is 6.31. The molecule has 0 spiro atoms. The molecule has 0 aliphatic carbocycles. The summed E-state index contributed by atoms with van der Waals surface area (Å²) in [5, 5.41) is 8.96. The Morgan fingerprint density at radius 2 is 2.00 bits per heavy atom. The summed E-state index contributed by atoms with van der Waals surface area (Å²) < 4.78 is 0. The van der Waals surface area contributed by atoms with Crippen LogP contribution in [0.4, 0.5) is 0 Å². The summed E-state index contributed by atoms with van der Waals surface area (Å²) in [6.07, 6.45) is 10.6. The largest absolute Gasteiger partial charge is 0.379 e. The van der Waals surface area contributed by atoms with Gasteiger partial charge in [-0.25, -0.2) is 0 Å². The van der Waals surface area contributed by atoms with E-state index in [2.05, 4.69) is 24.7 Å². The minimum absolute atomic E-state index is 0.407. The van der Waals surface area contributed by atoms with Gasteiger partial charge in [0.2, 0.25) is 0 Å². The second-order valence-electron chi connectivity index (χ2n) is 3.05. The van der Waals surface area contributed by atoms with Crippen LogP contribution in [0.5, 0.6) is 0 Å². The Balaban J connectivity index is 3.26. The zero-order valence-corrected chi connectivity index (χ0v) is 8.34. The molecule has 1 heteroatoms. The molecule has 0 aromatic carbocycles. The van der Waals surface area contributed by atoms with Gasteiger partial charge in [-0.05, 0) is 6.42 Å². The van der Waals surface area contributed by atoms with E-state index in [1.165, 1.54) is 19.3 Å². The van der Waals surface area contributed by atoms with Crippen molar-refractivity contribution in [2.75, 3.05) is 0 Å². The molecule has 0 heterocycles. The maximum Gasteiger partial charge on any atom is 0.125 e. The normalized spacial score (nSPS) is 11.2. The van der Waals surface area contributed by atoms with Crippen LogP contribution in [0.1, 0.15) is 45.4 Å². The van der Waals surface area contributed by atoms with Crippen molar-refractivity contribution in [2.24, 2.45) is 0 Å². The minimum atomic E-state index is -0.692. The molecule has 1 N–H and O–H groups in total. The summed E-state index contributed by atoms with van der Waals surface area (Å²) in [6.45, 7) is 2.19. The maximum absolute atomic E-state index is 8.96. The number of hydrogen-bond donors (Lipinski definition) is 1. The lowest BCUT2D eigenvalue weighted by Crippen LogP contribution is -1.99.